The molecule has 0 radical (unpaired) electrons. The molecule has 1 atom stereocenters. The summed E-state index contributed by atoms with van der Waals surface area (Å²) in [6.07, 6.45) is -0.145. The molecule has 0 aliphatic carbocycles. The number of hydrogen-bond donors (Lipinski definition) is 0. The third-order valence-corrected chi connectivity index (χ3v) is 1.53. The van der Waals surface area contributed by atoms with Crippen LogP contribution in [0.1, 0.15) is 20.3 Å². The Hall–Kier alpha value is -0.770. The average Bonchev–Trinajstić information content (AvgIpc) is 2.05. The number of esters is 2. The number of rotatable bonds is 5. The van der Waals surface area contributed by atoms with E-state index in [1.165, 1.54) is 0 Å². The molecule has 0 aromatic carbocycles. The van der Waals surface area contributed by atoms with E-state index in [2.05, 4.69) is 9.47 Å². The second-order valence-corrected chi connectivity index (χ2v) is 2.76. The minimum atomic E-state index is -0.945. The van der Waals surface area contributed by atoms with Gasteiger partial charge < -0.3 is 9.47 Å². The maximum atomic E-state index is 10.9. The fourth-order valence-electron chi connectivity index (χ4n) is 0.682. The van der Waals surface area contributed by atoms with Crippen molar-refractivity contribution in [1.82, 2.24) is 0 Å². The van der Waals surface area contributed by atoms with Gasteiger partial charge in [-0.2, -0.15) is 0 Å². The molecule has 0 amide bonds. The zero-order valence-electron chi connectivity index (χ0n) is 7.71. The topological polar surface area (TPSA) is 52.6 Å². The first-order valence-electron chi connectivity index (χ1n) is 4.08. The molecule has 76 valence electrons. The van der Waals surface area contributed by atoms with E-state index in [9.17, 15) is 9.59 Å². The van der Waals surface area contributed by atoms with Crippen LogP contribution in [-0.2, 0) is 19.1 Å². The Kier molecular flexibility index (Phi) is 6.32. The van der Waals surface area contributed by atoms with E-state index in [-0.39, 0.29) is 19.6 Å². The molecule has 0 saturated carbocycles. The summed E-state index contributed by atoms with van der Waals surface area (Å²) in [5, 5.41) is -0.945. The number of ether oxygens (including phenoxy) is 2. The van der Waals surface area contributed by atoms with Gasteiger partial charge in [-0.25, -0.2) is 0 Å². The molecular formula is C8H13ClO4. The lowest BCUT2D eigenvalue weighted by Gasteiger charge is -2.07. The molecule has 0 spiro atoms. The van der Waals surface area contributed by atoms with Gasteiger partial charge in [0.25, 0.3) is 0 Å². The quantitative estimate of drug-likeness (QED) is 0.502. The third kappa shape index (κ3) is 5.47. The number of alkyl halides is 1. The molecule has 13 heavy (non-hydrogen) atoms. The van der Waals surface area contributed by atoms with E-state index in [4.69, 9.17) is 11.6 Å². The SMILES string of the molecule is CCOC(=O)C[C@H](Cl)C(=O)OCC. The highest BCUT2D eigenvalue weighted by molar-refractivity contribution is 6.30. The molecule has 0 aliphatic rings. The van der Waals surface area contributed by atoms with Crippen LogP contribution >= 0.6 is 11.6 Å². The lowest BCUT2D eigenvalue weighted by atomic mass is 10.3. The standard InChI is InChI=1S/C8H13ClO4/c1-3-12-7(10)5-6(9)8(11)13-4-2/h6H,3-5H2,1-2H3/t6-/m0/s1. The minimum Gasteiger partial charge on any atom is -0.466 e. The highest BCUT2D eigenvalue weighted by Crippen LogP contribution is 2.05. The van der Waals surface area contributed by atoms with Gasteiger partial charge in [-0.15, -0.1) is 11.6 Å². The highest BCUT2D eigenvalue weighted by atomic mass is 35.5. The summed E-state index contributed by atoms with van der Waals surface area (Å²) in [6.45, 7) is 3.90. The van der Waals surface area contributed by atoms with Crippen molar-refractivity contribution in [2.45, 2.75) is 25.6 Å². The van der Waals surface area contributed by atoms with Crippen molar-refractivity contribution < 1.29 is 19.1 Å². The van der Waals surface area contributed by atoms with E-state index in [1.54, 1.807) is 13.8 Å². The smallest absolute Gasteiger partial charge is 0.324 e. The van der Waals surface area contributed by atoms with Crippen LogP contribution in [0.5, 0.6) is 0 Å². The highest BCUT2D eigenvalue weighted by Gasteiger charge is 2.20. The Morgan fingerprint density at radius 1 is 1.23 bits per heavy atom. The van der Waals surface area contributed by atoms with Crippen LogP contribution in [0.3, 0.4) is 0 Å². The van der Waals surface area contributed by atoms with Gasteiger partial charge in [0.2, 0.25) is 0 Å². The minimum absolute atomic E-state index is 0.145. The zero-order valence-corrected chi connectivity index (χ0v) is 8.47. The van der Waals surface area contributed by atoms with Crippen LogP contribution in [-0.4, -0.2) is 30.5 Å². The fourth-order valence-corrected chi connectivity index (χ4v) is 0.871. The van der Waals surface area contributed by atoms with Crippen LogP contribution in [0.4, 0.5) is 0 Å². The molecule has 0 rings (SSSR count). The monoisotopic (exact) mass is 208 g/mol. The van der Waals surface area contributed by atoms with Gasteiger partial charge in [-0.3, -0.25) is 9.59 Å². The van der Waals surface area contributed by atoms with Gasteiger partial charge in [0, 0.05) is 0 Å². The Balaban J connectivity index is 3.78. The molecule has 0 aromatic heterocycles. The Morgan fingerprint density at radius 3 is 2.23 bits per heavy atom. The summed E-state index contributed by atoms with van der Waals surface area (Å²) < 4.78 is 9.21. The molecule has 4 nitrogen and oxygen atoms in total. The lowest BCUT2D eigenvalue weighted by Crippen LogP contribution is -2.22. The van der Waals surface area contributed by atoms with Gasteiger partial charge >= 0.3 is 11.9 Å². The van der Waals surface area contributed by atoms with Crippen LogP contribution in [0.15, 0.2) is 0 Å². The second-order valence-electron chi connectivity index (χ2n) is 2.23. The predicted octanol–water partition coefficient (Wildman–Crippen LogP) is 1.11. The Labute approximate surface area is 82.1 Å². The van der Waals surface area contributed by atoms with Crippen molar-refractivity contribution in [3.8, 4) is 0 Å². The van der Waals surface area contributed by atoms with Crippen LogP contribution in [0, 0.1) is 0 Å². The molecule has 0 N–H and O–H groups in total. The van der Waals surface area contributed by atoms with Crippen molar-refractivity contribution in [1.29, 1.82) is 0 Å². The summed E-state index contributed by atoms with van der Waals surface area (Å²) >= 11 is 5.57. The first kappa shape index (κ1) is 12.2. The van der Waals surface area contributed by atoms with Gasteiger partial charge in [0.1, 0.15) is 5.38 Å². The maximum absolute atomic E-state index is 10.9. The molecule has 0 saturated heterocycles. The predicted molar refractivity (Wildman–Crippen MR) is 47.5 cm³/mol. The molecule has 0 aromatic rings. The van der Waals surface area contributed by atoms with Gasteiger partial charge in [-0.05, 0) is 13.8 Å². The van der Waals surface area contributed by atoms with E-state index in [1.807, 2.05) is 0 Å². The number of carbonyl (C=O) groups excluding carboxylic acids is 2. The largest absolute Gasteiger partial charge is 0.466 e. The maximum Gasteiger partial charge on any atom is 0.324 e. The molecule has 0 fully saturated rings. The summed E-state index contributed by atoms with van der Waals surface area (Å²) in [6, 6.07) is 0. The van der Waals surface area contributed by atoms with E-state index >= 15 is 0 Å². The summed E-state index contributed by atoms with van der Waals surface area (Å²) in [5.74, 6) is -1.08. The Morgan fingerprint density at radius 2 is 1.77 bits per heavy atom. The van der Waals surface area contributed by atoms with Crippen LogP contribution < -0.4 is 0 Å². The van der Waals surface area contributed by atoms with Gasteiger partial charge in [-0.1, -0.05) is 0 Å². The zero-order chi connectivity index (χ0) is 10.3. The average molecular weight is 209 g/mol. The molecule has 0 aliphatic heterocycles. The molecule has 0 bridgehead atoms. The van der Waals surface area contributed by atoms with Gasteiger partial charge in [0.15, 0.2) is 0 Å². The molecular weight excluding hydrogens is 196 g/mol. The summed E-state index contributed by atoms with van der Waals surface area (Å²) in [7, 11) is 0. The normalized spacial score (nSPS) is 11.9. The fraction of sp³-hybridized carbons (Fsp3) is 0.750. The second kappa shape index (κ2) is 6.71. The number of halogens is 1. The third-order valence-electron chi connectivity index (χ3n) is 1.19. The first-order valence-corrected chi connectivity index (χ1v) is 4.51. The van der Waals surface area contributed by atoms with E-state index < -0.39 is 17.3 Å². The van der Waals surface area contributed by atoms with Crippen LogP contribution in [0.25, 0.3) is 0 Å². The van der Waals surface area contributed by atoms with Crippen LogP contribution in [0.2, 0.25) is 0 Å². The number of carbonyl (C=O) groups is 2. The Bertz CT molecular complexity index is 181. The number of hydrogen-bond acceptors (Lipinski definition) is 4. The van der Waals surface area contributed by atoms with Crippen molar-refractivity contribution in [3.05, 3.63) is 0 Å². The van der Waals surface area contributed by atoms with Gasteiger partial charge in [0.05, 0.1) is 19.6 Å². The first-order chi connectivity index (χ1) is 6.11. The summed E-state index contributed by atoms with van der Waals surface area (Å²) in [4.78, 5) is 21.8. The summed E-state index contributed by atoms with van der Waals surface area (Å²) in [5.41, 5.74) is 0. The van der Waals surface area contributed by atoms with Crippen molar-refractivity contribution in [2.75, 3.05) is 13.2 Å². The van der Waals surface area contributed by atoms with E-state index in [0.717, 1.165) is 0 Å². The van der Waals surface area contributed by atoms with Crippen molar-refractivity contribution >= 4 is 23.5 Å². The van der Waals surface area contributed by atoms with Crippen molar-refractivity contribution in [3.63, 3.8) is 0 Å². The lowest BCUT2D eigenvalue weighted by molar-refractivity contribution is -0.149. The molecule has 5 heteroatoms. The molecule has 0 heterocycles. The van der Waals surface area contributed by atoms with E-state index in [0.29, 0.717) is 0 Å². The van der Waals surface area contributed by atoms with Crippen molar-refractivity contribution in [2.24, 2.45) is 0 Å². The molecule has 0 unspecified atom stereocenters.